The molecule has 130 valence electrons. The van der Waals surface area contributed by atoms with Gasteiger partial charge in [-0.25, -0.2) is 10.2 Å². The molecule has 22 heavy (non-hydrogen) atoms. The molecule has 0 spiro atoms. The van der Waals surface area contributed by atoms with Gasteiger partial charge in [-0.15, -0.1) is 0 Å². The number of hydrogen-bond acceptors (Lipinski definition) is 4. The van der Waals surface area contributed by atoms with Crippen LogP contribution in [0.5, 0.6) is 0 Å². The van der Waals surface area contributed by atoms with Crippen LogP contribution in [0.2, 0.25) is 0 Å². The summed E-state index contributed by atoms with van der Waals surface area (Å²) in [6.07, 6.45) is 0.924. The van der Waals surface area contributed by atoms with Crippen molar-refractivity contribution in [2.75, 3.05) is 0 Å². The molecule has 0 aromatic rings. The Bertz CT molecular complexity index is 400. The summed E-state index contributed by atoms with van der Waals surface area (Å²) in [5, 5.41) is 11.2. The number of nitrogens with one attached hydrogen (secondary N) is 3. The molecule has 0 atom stereocenters. The topological polar surface area (TPSA) is 77.9 Å². The molecule has 0 aromatic carbocycles. The Labute approximate surface area is 135 Å². The highest BCUT2D eigenvalue weighted by molar-refractivity contribution is 5.74. The molecule has 0 unspecified atom stereocenters. The quantitative estimate of drug-likeness (QED) is 0.530. The van der Waals surface area contributed by atoms with Gasteiger partial charge in [-0.05, 0) is 60.3 Å². The highest BCUT2D eigenvalue weighted by Gasteiger charge is 2.27. The van der Waals surface area contributed by atoms with Crippen molar-refractivity contribution in [3.63, 3.8) is 0 Å². The third-order valence-electron chi connectivity index (χ3n) is 2.51. The van der Waals surface area contributed by atoms with Crippen molar-refractivity contribution in [2.24, 2.45) is 15.6 Å². The minimum Gasteiger partial charge on any atom is -0.311 e. The Morgan fingerprint density at radius 2 is 1.36 bits per heavy atom. The van der Waals surface area contributed by atoms with Gasteiger partial charge >= 0.3 is 6.03 Å². The Hall–Kier alpha value is -1.17. The van der Waals surface area contributed by atoms with Crippen LogP contribution < -0.4 is 16.2 Å². The first-order valence-electron chi connectivity index (χ1n) is 7.81. The number of rotatable bonds is 5. The molecule has 0 radical (unpaired) electrons. The predicted molar refractivity (Wildman–Crippen MR) is 91.6 cm³/mol. The van der Waals surface area contributed by atoms with Crippen LogP contribution >= 0.6 is 0 Å². The summed E-state index contributed by atoms with van der Waals surface area (Å²) in [5.41, 5.74) is 4.73. The number of urea groups is 1. The molecule has 2 amide bonds. The lowest BCUT2D eigenvalue weighted by Gasteiger charge is -2.33. The van der Waals surface area contributed by atoms with Gasteiger partial charge < -0.3 is 5.32 Å². The minimum atomic E-state index is -0.757. The van der Waals surface area contributed by atoms with E-state index in [1.807, 2.05) is 34.6 Å². The third-order valence-corrected chi connectivity index (χ3v) is 2.51. The maximum atomic E-state index is 12.0. The van der Waals surface area contributed by atoms with E-state index >= 15 is 0 Å². The number of amides is 2. The van der Waals surface area contributed by atoms with E-state index in [-0.39, 0.29) is 22.5 Å². The normalized spacial score (nSPS) is 14.3. The summed E-state index contributed by atoms with van der Waals surface area (Å²) in [5.74, 6) is 0. The van der Waals surface area contributed by atoms with Gasteiger partial charge in [0, 0.05) is 5.54 Å². The van der Waals surface area contributed by atoms with Gasteiger partial charge in [0.15, 0.2) is 0 Å². The van der Waals surface area contributed by atoms with Crippen LogP contribution in [0, 0.1) is 5.41 Å². The summed E-state index contributed by atoms with van der Waals surface area (Å²) in [4.78, 5) is 12.0. The van der Waals surface area contributed by atoms with Crippen molar-refractivity contribution in [3.05, 3.63) is 0 Å². The molecule has 0 saturated carbocycles. The van der Waals surface area contributed by atoms with Crippen molar-refractivity contribution < 1.29 is 4.79 Å². The fourth-order valence-electron chi connectivity index (χ4n) is 2.21. The first-order valence-corrected chi connectivity index (χ1v) is 7.81. The fraction of sp³-hybridized carbons (Fsp3) is 0.938. The standard InChI is InChI=1S/C16H35N5O/c1-13(2,3)11-15(7,8)20-18-12(22)17-16(9,10)21-19-14(4,5)6/h20H,11H2,1-10H3,(H2,17,18,22). The van der Waals surface area contributed by atoms with Gasteiger partial charge in [0.2, 0.25) is 0 Å². The molecule has 0 heterocycles. The Kier molecular flexibility index (Phi) is 6.57. The lowest BCUT2D eigenvalue weighted by atomic mass is 9.82. The minimum absolute atomic E-state index is 0.175. The zero-order valence-electron chi connectivity index (χ0n) is 16.0. The molecule has 0 aliphatic carbocycles. The summed E-state index contributed by atoms with van der Waals surface area (Å²) >= 11 is 0. The maximum Gasteiger partial charge on any atom is 0.331 e. The van der Waals surface area contributed by atoms with Crippen LogP contribution in [-0.2, 0) is 0 Å². The summed E-state index contributed by atoms with van der Waals surface area (Å²) < 4.78 is 0. The van der Waals surface area contributed by atoms with Gasteiger partial charge in [-0.3, -0.25) is 5.43 Å². The molecule has 0 aromatic heterocycles. The summed E-state index contributed by atoms with van der Waals surface area (Å²) in [7, 11) is 0. The molecular formula is C16H35N5O. The zero-order chi connectivity index (χ0) is 17.8. The highest BCUT2D eigenvalue weighted by atomic mass is 16.2. The van der Waals surface area contributed by atoms with Crippen molar-refractivity contribution in [1.29, 1.82) is 0 Å². The second kappa shape index (κ2) is 6.94. The summed E-state index contributed by atoms with van der Waals surface area (Å²) in [6, 6.07) is -0.320. The van der Waals surface area contributed by atoms with Gasteiger partial charge in [-0.2, -0.15) is 10.2 Å². The molecule has 6 nitrogen and oxygen atoms in total. The Morgan fingerprint density at radius 1 is 0.864 bits per heavy atom. The van der Waals surface area contributed by atoms with Gasteiger partial charge in [0.05, 0.1) is 5.54 Å². The van der Waals surface area contributed by atoms with E-state index < -0.39 is 5.66 Å². The van der Waals surface area contributed by atoms with Crippen LogP contribution in [0.1, 0.15) is 75.7 Å². The Balaban J connectivity index is 4.48. The molecule has 0 aliphatic heterocycles. The van der Waals surface area contributed by atoms with Crippen LogP contribution in [0.3, 0.4) is 0 Å². The second-order valence-corrected chi connectivity index (χ2v) is 9.26. The second-order valence-electron chi connectivity index (χ2n) is 9.26. The molecule has 0 saturated heterocycles. The highest BCUT2D eigenvalue weighted by Crippen LogP contribution is 2.26. The lowest BCUT2D eigenvalue weighted by Crippen LogP contribution is -2.57. The van der Waals surface area contributed by atoms with Crippen molar-refractivity contribution >= 4 is 6.03 Å². The number of carbonyl (C=O) groups is 1. The lowest BCUT2D eigenvalue weighted by molar-refractivity contribution is 0.196. The van der Waals surface area contributed by atoms with E-state index in [2.05, 4.69) is 61.0 Å². The monoisotopic (exact) mass is 313 g/mol. The third kappa shape index (κ3) is 11.5. The fourth-order valence-corrected chi connectivity index (χ4v) is 2.21. The van der Waals surface area contributed by atoms with Crippen LogP contribution in [0.4, 0.5) is 4.79 Å². The van der Waals surface area contributed by atoms with E-state index in [1.165, 1.54) is 0 Å². The zero-order valence-corrected chi connectivity index (χ0v) is 16.0. The van der Waals surface area contributed by atoms with Crippen molar-refractivity contribution in [2.45, 2.75) is 92.4 Å². The number of hydrogen-bond donors (Lipinski definition) is 3. The molecule has 0 aliphatic rings. The van der Waals surface area contributed by atoms with Gasteiger partial charge in [0.1, 0.15) is 5.66 Å². The number of azo groups is 1. The van der Waals surface area contributed by atoms with Gasteiger partial charge in [0.25, 0.3) is 0 Å². The molecule has 0 fully saturated rings. The molecule has 3 N–H and O–H groups in total. The van der Waals surface area contributed by atoms with E-state index in [9.17, 15) is 4.79 Å². The Morgan fingerprint density at radius 3 is 1.77 bits per heavy atom. The first kappa shape index (κ1) is 20.8. The predicted octanol–water partition coefficient (Wildman–Crippen LogP) is 3.99. The largest absolute Gasteiger partial charge is 0.331 e. The SMILES string of the molecule is CC(C)(C)CC(C)(C)NNC(=O)NC(C)(C)N=NC(C)(C)C. The smallest absolute Gasteiger partial charge is 0.311 e. The maximum absolute atomic E-state index is 12.0. The van der Waals surface area contributed by atoms with Crippen molar-refractivity contribution in [1.82, 2.24) is 16.2 Å². The van der Waals surface area contributed by atoms with E-state index in [0.717, 1.165) is 6.42 Å². The van der Waals surface area contributed by atoms with Gasteiger partial charge in [-0.1, -0.05) is 20.8 Å². The molecular weight excluding hydrogens is 278 g/mol. The average molecular weight is 313 g/mol. The average Bonchev–Trinajstić information content (AvgIpc) is 2.19. The molecule has 0 bridgehead atoms. The van der Waals surface area contributed by atoms with Crippen LogP contribution in [0.15, 0.2) is 10.2 Å². The van der Waals surface area contributed by atoms with Crippen LogP contribution in [0.25, 0.3) is 0 Å². The molecule has 0 rings (SSSR count). The van der Waals surface area contributed by atoms with Crippen LogP contribution in [-0.4, -0.2) is 22.8 Å². The van der Waals surface area contributed by atoms with E-state index in [1.54, 1.807) is 0 Å². The summed E-state index contributed by atoms with van der Waals surface area (Å²) in [6.45, 7) is 20.1. The number of hydrazine groups is 1. The van der Waals surface area contributed by atoms with Crippen molar-refractivity contribution in [3.8, 4) is 0 Å². The van der Waals surface area contributed by atoms with E-state index in [0.29, 0.717) is 0 Å². The number of carbonyl (C=O) groups excluding carboxylic acids is 1. The first-order chi connectivity index (χ1) is 9.52. The van der Waals surface area contributed by atoms with E-state index in [4.69, 9.17) is 0 Å². The molecule has 6 heteroatoms. The number of nitrogens with zero attached hydrogens (tertiary/aromatic N) is 2.